The van der Waals surface area contributed by atoms with Gasteiger partial charge < -0.3 is 18.8 Å². The lowest BCUT2D eigenvalue weighted by Gasteiger charge is -2.31. The van der Waals surface area contributed by atoms with E-state index < -0.39 is 0 Å². The molecule has 12 aromatic rings. The molecule has 4 nitrogen and oxygen atoms in total. The first kappa shape index (κ1) is 38.8. The van der Waals surface area contributed by atoms with Crippen LogP contribution in [-0.2, 0) is 5.41 Å². The van der Waals surface area contributed by atoms with Gasteiger partial charge in [-0.15, -0.1) is 0 Å². The lowest BCUT2D eigenvalue weighted by Crippen LogP contribution is -2.17. The Morgan fingerprint density at radius 2 is 0.910 bits per heavy atom. The van der Waals surface area contributed by atoms with Crippen LogP contribution in [-0.4, -0.2) is 4.57 Å². The van der Waals surface area contributed by atoms with Crippen molar-refractivity contribution in [1.82, 2.24) is 4.57 Å². The van der Waals surface area contributed by atoms with E-state index in [1.54, 1.807) is 0 Å². The summed E-state index contributed by atoms with van der Waals surface area (Å²) in [5, 5.41) is 4.61. The molecule has 318 valence electrons. The maximum Gasteiger partial charge on any atom is 0.135 e. The third-order valence-corrected chi connectivity index (χ3v) is 13.9. The Morgan fingerprint density at radius 3 is 1.66 bits per heavy atom. The molecule has 2 heterocycles. The monoisotopic (exact) mass is 859 g/mol. The van der Waals surface area contributed by atoms with E-state index >= 15 is 0 Å². The Kier molecular flexibility index (Phi) is 8.84. The number of benzene rings is 10. The Morgan fingerprint density at radius 1 is 0.343 bits per heavy atom. The van der Waals surface area contributed by atoms with Crippen LogP contribution < -0.4 is 9.80 Å². The second kappa shape index (κ2) is 15.3. The molecule has 0 amide bonds. The second-order valence-corrected chi connectivity index (χ2v) is 18.2. The molecule has 0 saturated carbocycles. The van der Waals surface area contributed by atoms with Gasteiger partial charge in [0.15, 0.2) is 0 Å². The molecule has 0 bridgehead atoms. The van der Waals surface area contributed by atoms with E-state index in [1.165, 1.54) is 44.1 Å². The maximum absolute atomic E-state index is 6.36. The first-order valence-corrected chi connectivity index (χ1v) is 23.1. The van der Waals surface area contributed by atoms with E-state index in [0.717, 1.165) is 72.9 Å². The smallest absolute Gasteiger partial charge is 0.135 e. The first-order valence-electron chi connectivity index (χ1n) is 23.1. The van der Waals surface area contributed by atoms with Gasteiger partial charge in [0.2, 0.25) is 0 Å². The highest BCUT2D eigenvalue weighted by atomic mass is 16.3. The van der Waals surface area contributed by atoms with Crippen molar-refractivity contribution >= 4 is 77.9 Å². The van der Waals surface area contributed by atoms with Crippen molar-refractivity contribution in [2.45, 2.75) is 19.3 Å². The third-order valence-electron chi connectivity index (χ3n) is 13.9. The lowest BCUT2D eigenvalue weighted by atomic mass is 9.82. The zero-order valence-electron chi connectivity index (χ0n) is 37.3. The van der Waals surface area contributed by atoms with Gasteiger partial charge >= 0.3 is 0 Å². The minimum Gasteiger partial charge on any atom is -0.456 e. The highest BCUT2D eigenvalue weighted by molar-refractivity contribution is 6.11. The fourth-order valence-electron chi connectivity index (χ4n) is 10.8. The summed E-state index contributed by atoms with van der Waals surface area (Å²) < 4.78 is 8.74. The van der Waals surface area contributed by atoms with Crippen LogP contribution in [0.5, 0.6) is 0 Å². The number of rotatable bonds is 8. The standard InChI is InChI=1S/C63H45N3O/c1-63(2)57-27-15-12-24-51(57)52-33-31-48(41-58(52)63)65(45-20-8-4-9-21-45)50-37-43(42-30-34-60-55(38-42)53-25-13-16-28-59(53)66(60)46-22-10-5-11-23-46)36-49(39-50)64(44-18-6-3-7-19-44)47-32-35-62-56(40-47)54-26-14-17-29-61(54)67-62/h3-41H,1-2H3. The summed E-state index contributed by atoms with van der Waals surface area (Å²) >= 11 is 0. The van der Waals surface area contributed by atoms with Crippen molar-refractivity contribution in [3.8, 4) is 27.9 Å². The molecule has 67 heavy (non-hydrogen) atoms. The molecule has 0 spiro atoms. The molecule has 2 aromatic heterocycles. The fraction of sp³-hybridized carbons (Fsp3) is 0.0476. The van der Waals surface area contributed by atoms with Gasteiger partial charge in [0, 0.05) is 66.8 Å². The van der Waals surface area contributed by atoms with Crippen molar-refractivity contribution in [2.75, 3.05) is 9.80 Å². The molecule has 0 aliphatic heterocycles. The van der Waals surface area contributed by atoms with Gasteiger partial charge in [0.25, 0.3) is 0 Å². The Balaban J connectivity index is 1.07. The molecule has 0 saturated heterocycles. The highest BCUT2D eigenvalue weighted by Gasteiger charge is 2.36. The molecule has 13 rings (SSSR count). The molecule has 10 aromatic carbocycles. The molecule has 1 aliphatic rings. The zero-order valence-corrected chi connectivity index (χ0v) is 37.3. The third kappa shape index (κ3) is 6.29. The van der Waals surface area contributed by atoms with E-state index in [-0.39, 0.29) is 5.41 Å². The highest BCUT2D eigenvalue weighted by Crippen LogP contribution is 2.51. The summed E-state index contributed by atoms with van der Waals surface area (Å²) in [5.41, 5.74) is 19.0. The van der Waals surface area contributed by atoms with Gasteiger partial charge in [-0.2, -0.15) is 0 Å². The van der Waals surface area contributed by atoms with Gasteiger partial charge in [-0.1, -0.05) is 141 Å². The Hall–Kier alpha value is -8.60. The van der Waals surface area contributed by atoms with E-state index in [2.05, 4.69) is 253 Å². The average Bonchev–Trinajstić information content (AvgIpc) is 4.00. The first-order chi connectivity index (χ1) is 33.0. The van der Waals surface area contributed by atoms with Crippen LogP contribution in [0, 0.1) is 0 Å². The SMILES string of the molecule is CC1(C)c2ccccc2-c2ccc(N(c3ccccc3)c3cc(-c4ccc5c(c4)c4ccccc4n5-c4ccccc4)cc(N(c4ccccc4)c4ccc5oc6ccccc6c5c4)c3)cc21. The summed E-state index contributed by atoms with van der Waals surface area (Å²) in [5.74, 6) is 0. The van der Waals surface area contributed by atoms with E-state index in [9.17, 15) is 0 Å². The Bertz CT molecular complexity index is 3850. The number of anilines is 6. The molecule has 1 aliphatic carbocycles. The summed E-state index contributed by atoms with van der Waals surface area (Å²) in [6, 6.07) is 85.9. The minimum atomic E-state index is -0.161. The lowest BCUT2D eigenvalue weighted by molar-refractivity contribution is 0.660. The number of hydrogen-bond donors (Lipinski definition) is 0. The number of furan rings is 1. The minimum absolute atomic E-state index is 0.161. The molecule has 0 fully saturated rings. The van der Waals surface area contributed by atoms with E-state index in [4.69, 9.17) is 4.42 Å². The van der Waals surface area contributed by atoms with E-state index in [1.807, 2.05) is 12.1 Å². The predicted molar refractivity (Wildman–Crippen MR) is 280 cm³/mol. The number of aromatic nitrogens is 1. The molecule has 0 N–H and O–H groups in total. The summed E-state index contributed by atoms with van der Waals surface area (Å²) in [4.78, 5) is 4.82. The van der Waals surface area contributed by atoms with Crippen molar-refractivity contribution in [1.29, 1.82) is 0 Å². The van der Waals surface area contributed by atoms with Crippen LogP contribution in [0.25, 0.3) is 71.7 Å². The second-order valence-electron chi connectivity index (χ2n) is 18.2. The summed E-state index contributed by atoms with van der Waals surface area (Å²) in [7, 11) is 0. The van der Waals surface area contributed by atoms with Crippen LogP contribution in [0.4, 0.5) is 34.1 Å². The van der Waals surface area contributed by atoms with Crippen molar-refractivity contribution in [3.63, 3.8) is 0 Å². The average molecular weight is 860 g/mol. The molecule has 0 atom stereocenters. The predicted octanol–water partition coefficient (Wildman–Crippen LogP) is 17.6. The number of nitrogens with zero attached hydrogens (tertiary/aromatic N) is 3. The van der Waals surface area contributed by atoms with Crippen molar-refractivity contribution in [3.05, 3.63) is 248 Å². The summed E-state index contributed by atoms with van der Waals surface area (Å²) in [6.45, 7) is 4.71. The molecular formula is C63H45N3O. The van der Waals surface area contributed by atoms with Crippen LogP contribution in [0.1, 0.15) is 25.0 Å². The van der Waals surface area contributed by atoms with Crippen molar-refractivity contribution < 1.29 is 4.42 Å². The number of hydrogen-bond acceptors (Lipinski definition) is 3. The Labute approximate surface area is 389 Å². The zero-order chi connectivity index (χ0) is 44.6. The van der Waals surface area contributed by atoms with Crippen LogP contribution >= 0.6 is 0 Å². The fourth-order valence-corrected chi connectivity index (χ4v) is 10.8. The topological polar surface area (TPSA) is 24.6 Å². The normalized spacial score (nSPS) is 12.7. The summed E-state index contributed by atoms with van der Waals surface area (Å²) in [6.07, 6.45) is 0. The van der Waals surface area contributed by atoms with Crippen molar-refractivity contribution in [2.24, 2.45) is 0 Å². The van der Waals surface area contributed by atoms with Gasteiger partial charge in [-0.3, -0.25) is 0 Å². The maximum atomic E-state index is 6.36. The van der Waals surface area contributed by atoms with Gasteiger partial charge in [-0.05, 0) is 143 Å². The largest absolute Gasteiger partial charge is 0.456 e. The molecule has 4 heteroatoms. The van der Waals surface area contributed by atoms with Gasteiger partial charge in [0.05, 0.1) is 11.0 Å². The molecule has 0 radical (unpaired) electrons. The van der Waals surface area contributed by atoms with E-state index in [0.29, 0.717) is 0 Å². The molecule has 0 unspecified atom stereocenters. The van der Waals surface area contributed by atoms with Crippen LogP contribution in [0.3, 0.4) is 0 Å². The number of para-hydroxylation sites is 5. The van der Waals surface area contributed by atoms with Gasteiger partial charge in [-0.25, -0.2) is 0 Å². The van der Waals surface area contributed by atoms with Crippen LogP contribution in [0.15, 0.2) is 241 Å². The van der Waals surface area contributed by atoms with Crippen LogP contribution in [0.2, 0.25) is 0 Å². The molecular weight excluding hydrogens is 815 g/mol. The quantitative estimate of drug-likeness (QED) is 0.152. The van der Waals surface area contributed by atoms with Gasteiger partial charge in [0.1, 0.15) is 11.2 Å². The number of fused-ring (bicyclic) bond motifs is 9.